The average Bonchev–Trinajstić information content (AvgIpc) is 3.43. The van der Waals surface area contributed by atoms with Crippen LogP contribution in [0.1, 0.15) is 32.6 Å². The first-order valence-corrected chi connectivity index (χ1v) is 13.0. The van der Waals surface area contributed by atoms with Gasteiger partial charge in [-0.3, -0.25) is 5.10 Å². The zero-order valence-corrected chi connectivity index (χ0v) is 19.4. The summed E-state index contributed by atoms with van der Waals surface area (Å²) in [6.45, 7) is 3.87. The van der Waals surface area contributed by atoms with Crippen LogP contribution in [-0.4, -0.2) is 72.4 Å². The summed E-state index contributed by atoms with van der Waals surface area (Å²) >= 11 is 0. The molecule has 1 aliphatic carbocycles. The van der Waals surface area contributed by atoms with Gasteiger partial charge >= 0.3 is 0 Å². The molecule has 1 aliphatic heterocycles. The van der Waals surface area contributed by atoms with Crippen LogP contribution in [0, 0.1) is 0 Å². The molecule has 2 fully saturated rings. The number of halogens is 2. The van der Waals surface area contributed by atoms with Crippen LogP contribution in [0.15, 0.2) is 28.9 Å². The monoisotopic (exact) mass is 479 g/mol. The number of alkyl halides is 2. The van der Waals surface area contributed by atoms with E-state index in [4.69, 9.17) is 9.72 Å². The highest BCUT2D eigenvalue weighted by Crippen LogP contribution is 2.38. The van der Waals surface area contributed by atoms with Crippen molar-refractivity contribution in [3.05, 3.63) is 24.5 Å². The fourth-order valence-corrected chi connectivity index (χ4v) is 6.33. The van der Waals surface area contributed by atoms with E-state index in [2.05, 4.69) is 31.5 Å². The zero-order chi connectivity index (χ0) is 23.2. The number of anilines is 1. The number of H-pyrrole nitrogens is 1. The van der Waals surface area contributed by atoms with Crippen molar-refractivity contribution < 1.29 is 17.7 Å². The Morgan fingerprint density at radius 2 is 2.12 bits per heavy atom. The number of hydrogen-bond donors (Lipinski definition) is 1. The maximum Gasteiger partial charge on any atom is 0.248 e. The van der Waals surface area contributed by atoms with E-state index in [9.17, 15) is 13.0 Å². The lowest BCUT2D eigenvalue weighted by Crippen LogP contribution is -2.44. The highest BCUT2D eigenvalue weighted by molar-refractivity contribution is 7.93. The Kier molecular flexibility index (Phi) is 5.60. The number of hydrogen-bond acceptors (Lipinski definition) is 7. The third-order valence-electron chi connectivity index (χ3n) is 6.44. The van der Waals surface area contributed by atoms with E-state index in [1.54, 1.807) is 29.4 Å². The summed E-state index contributed by atoms with van der Waals surface area (Å²) < 4.78 is 52.8. The lowest BCUT2D eigenvalue weighted by Gasteiger charge is -2.34. The van der Waals surface area contributed by atoms with Gasteiger partial charge in [0.15, 0.2) is 11.5 Å². The van der Waals surface area contributed by atoms with Gasteiger partial charge in [0.2, 0.25) is 5.92 Å². The molecule has 3 aromatic rings. The number of nitrogens with one attached hydrogen (secondary N) is 1. The largest absolute Gasteiger partial charge is 0.377 e. The number of morpholine rings is 1. The van der Waals surface area contributed by atoms with E-state index in [0.717, 1.165) is 0 Å². The quantitative estimate of drug-likeness (QED) is 0.613. The van der Waals surface area contributed by atoms with Crippen molar-refractivity contribution >= 4 is 32.3 Å². The van der Waals surface area contributed by atoms with Crippen LogP contribution in [0.3, 0.4) is 0 Å². The molecule has 4 heterocycles. The Labute approximate surface area is 190 Å². The molecule has 178 valence electrons. The Balaban J connectivity index is 1.63. The predicted octanol–water partition coefficient (Wildman–Crippen LogP) is 3.68. The molecule has 0 aromatic carbocycles. The summed E-state index contributed by atoms with van der Waals surface area (Å²) in [5.74, 6) is -1.35. The van der Waals surface area contributed by atoms with Gasteiger partial charge in [-0.2, -0.15) is 19.2 Å². The van der Waals surface area contributed by atoms with Crippen LogP contribution in [0.5, 0.6) is 0 Å². The fraction of sp³-hybridized carbons (Fsp3) is 0.571. The molecule has 9 nitrogen and oxygen atoms in total. The molecule has 3 aromatic heterocycles. The molecule has 1 N–H and O–H groups in total. The second-order valence-electron chi connectivity index (χ2n) is 8.86. The summed E-state index contributed by atoms with van der Waals surface area (Å²) in [6.07, 6.45) is 4.72. The first-order chi connectivity index (χ1) is 15.7. The molecular formula is C21H27F2N7O2S. The highest BCUT2D eigenvalue weighted by atomic mass is 32.2. The number of aromatic nitrogens is 5. The van der Waals surface area contributed by atoms with Crippen molar-refractivity contribution in [3.8, 4) is 5.82 Å². The van der Waals surface area contributed by atoms with Crippen LogP contribution in [0.25, 0.3) is 16.9 Å². The number of ether oxygens (including phenoxy) is 1. The summed E-state index contributed by atoms with van der Waals surface area (Å²) in [5, 5.41) is 11.6. The number of nitrogens with zero attached hydrogens (tertiary/aromatic N) is 6. The molecule has 1 unspecified atom stereocenters. The van der Waals surface area contributed by atoms with E-state index in [1.807, 2.05) is 6.07 Å². The van der Waals surface area contributed by atoms with E-state index in [-0.39, 0.29) is 37.0 Å². The lowest BCUT2D eigenvalue weighted by molar-refractivity contribution is -0.0326. The van der Waals surface area contributed by atoms with E-state index >= 15 is 0 Å². The number of pyridine rings is 1. The van der Waals surface area contributed by atoms with Gasteiger partial charge in [0.25, 0.3) is 0 Å². The third kappa shape index (κ3) is 4.33. The highest BCUT2D eigenvalue weighted by Gasteiger charge is 2.38. The van der Waals surface area contributed by atoms with Crippen molar-refractivity contribution in [3.63, 3.8) is 0 Å². The molecule has 0 spiro atoms. The fourth-order valence-electron chi connectivity index (χ4n) is 4.52. The van der Waals surface area contributed by atoms with Crippen LogP contribution in [-0.2, 0) is 14.5 Å². The van der Waals surface area contributed by atoms with E-state index in [0.29, 0.717) is 48.1 Å². The predicted molar refractivity (Wildman–Crippen MR) is 122 cm³/mol. The molecular weight excluding hydrogens is 452 g/mol. The summed E-state index contributed by atoms with van der Waals surface area (Å²) in [6, 6.07) is 3.70. The Morgan fingerprint density at radius 1 is 1.33 bits per heavy atom. The third-order valence-corrected chi connectivity index (χ3v) is 8.71. The first-order valence-electron chi connectivity index (χ1n) is 11.1. The second-order valence-corrected chi connectivity index (χ2v) is 11.4. The van der Waals surface area contributed by atoms with Crippen LogP contribution in [0.2, 0.25) is 0 Å². The van der Waals surface area contributed by atoms with Crippen LogP contribution < -0.4 is 4.90 Å². The zero-order valence-electron chi connectivity index (χ0n) is 18.6. The summed E-state index contributed by atoms with van der Waals surface area (Å²) in [7, 11) is -2.77. The van der Waals surface area contributed by atoms with Crippen molar-refractivity contribution in [2.75, 3.05) is 30.9 Å². The Morgan fingerprint density at radius 3 is 2.82 bits per heavy atom. The molecule has 12 heteroatoms. The molecule has 0 radical (unpaired) electrons. The molecule has 1 saturated carbocycles. The van der Waals surface area contributed by atoms with Gasteiger partial charge < -0.3 is 9.64 Å². The standard InChI is InChI=1S/C21H27F2N7O2S/c1-14-13-32-10-9-29(14)19-11-17(28-33(2,31)15-3-6-21(22,23)7-4-15)16-12-25-30(20(16)26-19)18-5-8-24-27-18/h5,8,11-12,14-15H,3-4,6-7,9-10,13H2,1-2H3,(H,24,27)/t14-,33?/m1/s1. The molecule has 0 amide bonds. The Bertz CT molecular complexity index is 1260. The van der Waals surface area contributed by atoms with Gasteiger partial charge in [-0.1, -0.05) is 0 Å². The van der Waals surface area contributed by atoms with Crippen molar-refractivity contribution in [2.24, 2.45) is 4.36 Å². The van der Waals surface area contributed by atoms with Gasteiger partial charge in [-0.15, -0.1) is 0 Å². The SMILES string of the molecule is C[C@@H]1COCCN1c1cc(N=S(C)(=O)C2CCC(F)(F)CC2)c2cnn(-c3ccn[nH]3)c2n1. The normalized spacial score (nSPS) is 23.5. The van der Waals surface area contributed by atoms with Crippen LogP contribution >= 0.6 is 0 Å². The van der Waals surface area contributed by atoms with E-state index < -0.39 is 15.7 Å². The molecule has 33 heavy (non-hydrogen) atoms. The molecule has 1 saturated heterocycles. The van der Waals surface area contributed by atoms with Crippen molar-refractivity contribution in [1.82, 2.24) is 25.0 Å². The topological polar surface area (TPSA) is 101 Å². The lowest BCUT2D eigenvalue weighted by atomic mass is 9.96. The minimum Gasteiger partial charge on any atom is -0.377 e. The van der Waals surface area contributed by atoms with Gasteiger partial charge in [0.05, 0.1) is 52.5 Å². The van der Waals surface area contributed by atoms with E-state index in [1.165, 1.54) is 0 Å². The molecule has 2 atom stereocenters. The molecule has 5 rings (SSSR count). The van der Waals surface area contributed by atoms with Gasteiger partial charge in [-0.05, 0) is 19.8 Å². The maximum atomic E-state index is 13.7. The van der Waals surface area contributed by atoms with Crippen LogP contribution in [0.4, 0.5) is 20.3 Å². The number of fused-ring (bicyclic) bond motifs is 1. The average molecular weight is 480 g/mol. The summed E-state index contributed by atoms with van der Waals surface area (Å²) in [5.41, 5.74) is 1.06. The van der Waals surface area contributed by atoms with Crippen molar-refractivity contribution in [2.45, 2.75) is 49.8 Å². The first kappa shape index (κ1) is 22.2. The minimum atomic E-state index is -2.77. The Hall–Kier alpha value is -2.60. The number of rotatable bonds is 4. The molecule has 0 bridgehead atoms. The number of aromatic amines is 1. The van der Waals surface area contributed by atoms with Gasteiger partial charge in [0, 0.05) is 43.0 Å². The summed E-state index contributed by atoms with van der Waals surface area (Å²) in [4.78, 5) is 6.99. The maximum absolute atomic E-state index is 13.7. The second kappa shape index (κ2) is 8.32. The smallest absolute Gasteiger partial charge is 0.248 e. The van der Waals surface area contributed by atoms with Crippen molar-refractivity contribution in [1.29, 1.82) is 0 Å². The minimum absolute atomic E-state index is 0.103. The van der Waals surface area contributed by atoms with Gasteiger partial charge in [-0.25, -0.2) is 18.0 Å². The van der Waals surface area contributed by atoms with Gasteiger partial charge in [0.1, 0.15) is 5.82 Å². The molecule has 2 aliphatic rings.